The average Bonchev–Trinajstić information content (AvgIpc) is 3.21. The molecule has 1 heterocycles. The summed E-state index contributed by atoms with van der Waals surface area (Å²) in [5.74, 6) is 1.06. The van der Waals surface area contributed by atoms with E-state index in [9.17, 15) is 13.2 Å². The van der Waals surface area contributed by atoms with Gasteiger partial charge in [0.25, 0.3) is 5.91 Å². The standard InChI is InChI=1S/C21H24N4O5S/c1-24(14-19-22-21(23-30-19)17-7-5-4-6-8-17)20(26)15-29-18-11-9-16(10-12-18)13-25(2)31(3,27)28/h4-12H,13-15H2,1-3H3. The Morgan fingerprint density at radius 3 is 2.35 bits per heavy atom. The summed E-state index contributed by atoms with van der Waals surface area (Å²) in [4.78, 5) is 18.1. The van der Waals surface area contributed by atoms with Crippen LogP contribution in [0.5, 0.6) is 5.75 Å². The van der Waals surface area contributed by atoms with Gasteiger partial charge in [0.2, 0.25) is 21.7 Å². The van der Waals surface area contributed by atoms with E-state index in [0.717, 1.165) is 17.4 Å². The molecule has 0 fully saturated rings. The van der Waals surface area contributed by atoms with Gasteiger partial charge in [-0.1, -0.05) is 47.6 Å². The van der Waals surface area contributed by atoms with Crippen molar-refractivity contribution in [3.05, 3.63) is 66.1 Å². The molecule has 9 nitrogen and oxygen atoms in total. The van der Waals surface area contributed by atoms with E-state index in [0.29, 0.717) is 17.5 Å². The van der Waals surface area contributed by atoms with Crippen LogP contribution in [0.2, 0.25) is 0 Å². The molecule has 0 N–H and O–H groups in total. The lowest BCUT2D eigenvalue weighted by Crippen LogP contribution is -2.31. The molecule has 3 rings (SSSR count). The Hall–Kier alpha value is -3.24. The van der Waals surface area contributed by atoms with Gasteiger partial charge in [-0.15, -0.1) is 0 Å². The predicted octanol–water partition coefficient (Wildman–Crippen LogP) is 2.17. The molecule has 164 valence electrons. The first-order valence-corrected chi connectivity index (χ1v) is 11.3. The Morgan fingerprint density at radius 1 is 1.03 bits per heavy atom. The number of nitrogens with zero attached hydrogens (tertiary/aromatic N) is 4. The van der Waals surface area contributed by atoms with E-state index in [4.69, 9.17) is 9.26 Å². The number of carbonyl (C=O) groups is 1. The molecule has 2 aromatic carbocycles. The number of amides is 1. The monoisotopic (exact) mass is 444 g/mol. The fourth-order valence-corrected chi connectivity index (χ4v) is 3.02. The second-order valence-electron chi connectivity index (χ2n) is 7.08. The molecule has 1 amide bonds. The van der Waals surface area contributed by atoms with E-state index in [1.807, 2.05) is 30.3 Å². The fourth-order valence-electron chi connectivity index (χ4n) is 2.64. The summed E-state index contributed by atoms with van der Waals surface area (Å²) in [5.41, 5.74) is 1.65. The molecule has 3 aromatic rings. The van der Waals surface area contributed by atoms with Crippen molar-refractivity contribution in [1.29, 1.82) is 0 Å². The number of aromatic nitrogens is 2. The summed E-state index contributed by atoms with van der Waals surface area (Å²) in [6, 6.07) is 16.3. The number of carbonyl (C=O) groups excluding carboxylic acids is 1. The molecule has 0 atom stereocenters. The molecular weight excluding hydrogens is 420 g/mol. The minimum Gasteiger partial charge on any atom is -0.484 e. The minimum absolute atomic E-state index is 0.154. The van der Waals surface area contributed by atoms with Crippen molar-refractivity contribution in [2.75, 3.05) is 27.0 Å². The Bertz CT molecular complexity index is 1110. The highest BCUT2D eigenvalue weighted by molar-refractivity contribution is 7.88. The van der Waals surface area contributed by atoms with Gasteiger partial charge in [0, 0.05) is 26.2 Å². The number of hydrogen-bond acceptors (Lipinski definition) is 7. The lowest BCUT2D eigenvalue weighted by molar-refractivity contribution is -0.132. The molecule has 0 unspecified atom stereocenters. The van der Waals surface area contributed by atoms with Crippen LogP contribution in [0, 0.1) is 0 Å². The molecular formula is C21H24N4O5S. The molecule has 0 saturated carbocycles. The van der Waals surface area contributed by atoms with E-state index in [-0.39, 0.29) is 25.6 Å². The Kier molecular flexibility index (Phi) is 7.03. The number of hydrogen-bond donors (Lipinski definition) is 0. The van der Waals surface area contributed by atoms with E-state index >= 15 is 0 Å². The Balaban J connectivity index is 1.50. The Labute approximate surface area is 181 Å². The highest BCUT2D eigenvalue weighted by atomic mass is 32.2. The SMILES string of the molecule is CN(Cc1nc(-c2ccccc2)no1)C(=O)COc1ccc(CN(C)S(C)(=O)=O)cc1. The van der Waals surface area contributed by atoms with Gasteiger partial charge in [0.15, 0.2) is 6.61 Å². The lowest BCUT2D eigenvalue weighted by atomic mass is 10.2. The van der Waals surface area contributed by atoms with Crippen LogP contribution in [0.25, 0.3) is 11.4 Å². The maximum Gasteiger partial charge on any atom is 0.260 e. The highest BCUT2D eigenvalue weighted by Crippen LogP contribution is 2.16. The van der Waals surface area contributed by atoms with Crippen molar-refractivity contribution in [3.63, 3.8) is 0 Å². The van der Waals surface area contributed by atoms with Crippen LogP contribution in [-0.4, -0.2) is 60.6 Å². The van der Waals surface area contributed by atoms with Crippen molar-refractivity contribution in [2.45, 2.75) is 13.1 Å². The molecule has 0 spiro atoms. The zero-order chi connectivity index (χ0) is 22.4. The second-order valence-corrected chi connectivity index (χ2v) is 9.17. The van der Waals surface area contributed by atoms with E-state index in [1.165, 1.54) is 16.3 Å². The molecule has 0 radical (unpaired) electrons. The van der Waals surface area contributed by atoms with Gasteiger partial charge in [-0.3, -0.25) is 4.79 Å². The summed E-state index contributed by atoms with van der Waals surface area (Å²) >= 11 is 0. The quantitative estimate of drug-likeness (QED) is 0.498. The topological polar surface area (TPSA) is 106 Å². The van der Waals surface area contributed by atoms with Gasteiger partial charge < -0.3 is 14.2 Å². The number of ether oxygens (including phenoxy) is 1. The third-order valence-corrected chi connectivity index (χ3v) is 5.82. The van der Waals surface area contributed by atoms with Crippen LogP contribution >= 0.6 is 0 Å². The summed E-state index contributed by atoms with van der Waals surface area (Å²) in [7, 11) is -0.106. The lowest BCUT2D eigenvalue weighted by Gasteiger charge is -2.16. The van der Waals surface area contributed by atoms with Crippen LogP contribution in [-0.2, 0) is 27.9 Å². The molecule has 0 aliphatic heterocycles. The largest absolute Gasteiger partial charge is 0.484 e. The summed E-state index contributed by atoms with van der Waals surface area (Å²) in [6.07, 6.45) is 1.16. The molecule has 0 aliphatic carbocycles. The van der Waals surface area contributed by atoms with Crippen molar-refractivity contribution in [3.8, 4) is 17.1 Å². The maximum absolute atomic E-state index is 12.4. The molecule has 0 aliphatic rings. The van der Waals surface area contributed by atoms with E-state index < -0.39 is 10.0 Å². The zero-order valence-electron chi connectivity index (χ0n) is 17.6. The van der Waals surface area contributed by atoms with E-state index in [2.05, 4.69) is 10.1 Å². The van der Waals surface area contributed by atoms with Gasteiger partial charge in [-0.2, -0.15) is 4.98 Å². The fraction of sp³-hybridized carbons (Fsp3) is 0.286. The van der Waals surface area contributed by atoms with Crippen LogP contribution in [0.15, 0.2) is 59.1 Å². The first-order chi connectivity index (χ1) is 14.7. The van der Waals surface area contributed by atoms with Crippen LogP contribution in [0.4, 0.5) is 0 Å². The highest BCUT2D eigenvalue weighted by Gasteiger charge is 2.16. The second kappa shape index (κ2) is 9.71. The molecule has 0 saturated heterocycles. The van der Waals surface area contributed by atoms with E-state index in [1.54, 1.807) is 31.3 Å². The number of likely N-dealkylation sites (N-methyl/N-ethyl adjacent to an activating group) is 1. The third-order valence-electron chi connectivity index (χ3n) is 4.56. The first-order valence-electron chi connectivity index (χ1n) is 9.47. The van der Waals surface area contributed by atoms with Gasteiger partial charge in [-0.05, 0) is 17.7 Å². The van der Waals surface area contributed by atoms with Gasteiger partial charge in [-0.25, -0.2) is 12.7 Å². The van der Waals surface area contributed by atoms with Gasteiger partial charge in [0.1, 0.15) is 5.75 Å². The normalized spacial score (nSPS) is 11.5. The maximum atomic E-state index is 12.4. The van der Waals surface area contributed by atoms with Crippen molar-refractivity contribution in [1.82, 2.24) is 19.3 Å². The van der Waals surface area contributed by atoms with Crippen LogP contribution < -0.4 is 4.74 Å². The van der Waals surface area contributed by atoms with Gasteiger partial charge in [0.05, 0.1) is 12.8 Å². The average molecular weight is 445 g/mol. The molecule has 0 bridgehead atoms. The van der Waals surface area contributed by atoms with Gasteiger partial charge >= 0.3 is 0 Å². The smallest absolute Gasteiger partial charge is 0.260 e. The van der Waals surface area contributed by atoms with Crippen molar-refractivity contribution >= 4 is 15.9 Å². The predicted molar refractivity (Wildman–Crippen MR) is 114 cm³/mol. The summed E-state index contributed by atoms with van der Waals surface area (Å²) in [6.45, 7) is 0.271. The number of rotatable bonds is 9. The first kappa shape index (κ1) is 22.4. The summed E-state index contributed by atoms with van der Waals surface area (Å²) in [5, 5.41) is 3.94. The third kappa shape index (κ3) is 6.37. The van der Waals surface area contributed by atoms with Crippen LogP contribution in [0.1, 0.15) is 11.5 Å². The molecule has 10 heteroatoms. The molecule has 1 aromatic heterocycles. The zero-order valence-corrected chi connectivity index (χ0v) is 18.4. The molecule has 31 heavy (non-hydrogen) atoms. The number of sulfonamides is 1. The number of benzene rings is 2. The Morgan fingerprint density at radius 2 is 1.71 bits per heavy atom. The van der Waals surface area contributed by atoms with Crippen LogP contribution in [0.3, 0.4) is 0 Å². The van der Waals surface area contributed by atoms with Crippen molar-refractivity contribution < 1.29 is 22.5 Å². The minimum atomic E-state index is -3.25. The summed E-state index contributed by atoms with van der Waals surface area (Å²) < 4.78 is 35.0. The van der Waals surface area contributed by atoms with Crippen molar-refractivity contribution in [2.24, 2.45) is 0 Å².